The van der Waals surface area contributed by atoms with Crippen molar-refractivity contribution in [1.82, 2.24) is 10.2 Å². The molecule has 1 aromatic rings. The van der Waals surface area contributed by atoms with Gasteiger partial charge in [0.2, 0.25) is 11.8 Å². The summed E-state index contributed by atoms with van der Waals surface area (Å²) in [6.07, 6.45) is 4.89. The molecular weight excluding hydrogens is 316 g/mol. The van der Waals surface area contributed by atoms with Gasteiger partial charge in [-0.2, -0.15) is 0 Å². The van der Waals surface area contributed by atoms with E-state index in [0.29, 0.717) is 26.1 Å². The number of amides is 2. The maximum atomic E-state index is 12.6. The first kappa shape index (κ1) is 17.8. The van der Waals surface area contributed by atoms with Crippen LogP contribution in [0.4, 0.5) is 0 Å². The van der Waals surface area contributed by atoms with Crippen molar-refractivity contribution in [3.8, 4) is 5.75 Å². The monoisotopic (exact) mass is 344 g/mol. The number of hydrogen-bond donors (Lipinski definition) is 1. The summed E-state index contributed by atoms with van der Waals surface area (Å²) in [5, 5.41) is 3.15. The van der Waals surface area contributed by atoms with Gasteiger partial charge in [0.1, 0.15) is 5.75 Å². The van der Waals surface area contributed by atoms with Gasteiger partial charge in [-0.3, -0.25) is 9.59 Å². The Kier molecular flexibility index (Phi) is 5.30. The smallest absolute Gasteiger partial charge is 0.225 e. The Morgan fingerprint density at radius 2 is 1.96 bits per heavy atom. The molecule has 2 amide bonds. The molecule has 0 spiro atoms. The van der Waals surface area contributed by atoms with E-state index in [9.17, 15) is 9.59 Å². The molecule has 0 bridgehead atoms. The Morgan fingerprint density at radius 3 is 2.52 bits per heavy atom. The van der Waals surface area contributed by atoms with Gasteiger partial charge in [-0.25, -0.2) is 0 Å². The SMILES string of the molecule is CCN1C[C@@H](C(=O)NCC2(c3ccc(OC)cc3)CCCC2)CC1=O. The normalized spacial score (nSPS) is 22.2. The van der Waals surface area contributed by atoms with Crippen LogP contribution in [-0.4, -0.2) is 43.5 Å². The third-order valence-electron chi connectivity index (χ3n) is 5.83. The van der Waals surface area contributed by atoms with Crippen LogP contribution in [0.25, 0.3) is 0 Å². The number of nitrogens with zero attached hydrogens (tertiary/aromatic N) is 1. The fourth-order valence-electron chi connectivity index (χ4n) is 4.22. The van der Waals surface area contributed by atoms with Crippen LogP contribution < -0.4 is 10.1 Å². The van der Waals surface area contributed by atoms with Gasteiger partial charge in [-0.15, -0.1) is 0 Å². The van der Waals surface area contributed by atoms with Crippen LogP contribution in [0.1, 0.15) is 44.6 Å². The maximum absolute atomic E-state index is 12.6. The molecule has 1 saturated carbocycles. The first-order valence-corrected chi connectivity index (χ1v) is 9.28. The quantitative estimate of drug-likeness (QED) is 0.862. The fourth-order valence-corrected chi connectivity index (χ4v) is 4.22. The number of rotatable bonds is 6. The van der Waals surface area contributed by atoms with Gasteiger partial charge in [-0.05, 0) is 37.5 Å². The summed E-state index contributed by atoms with van der Waals surface area (Å²) in [6, 6.07) is 8.22. The molecular formula is C20H28N2O3. The van der Waals surface area contributed by atoms with Crippen LogP contribution in [0.5, 0.6) is 5.75 Å². The van der Waals surface area contributed by atoms with Crippen LogP contribution >= 0.6 is 0 Å². The first-order chi connectivity index (χ1) is 12.1. The van der Waals surface area contributed by atoms with Crippen molar-refractivity contribution in [2.75, 3.05) is 26.7 Å². The lowest BCUT2D eigenvalue weighted by atomic mass is 9.78. The zero-order valence-electron chi connectivity index (χ0n) is 15.2. The largest absolute Gasteiger partial charge is 0.497 e. The molecule has 25 heavy (non-hydrogen) atoms. The van der Waals surface area contributed by atoms with Crippen LogP contribution in [0, 0.1) is 5.92 Å². The van der Waals surface area contributed by atoms with E-state index in [-0.39, 0.29) is 23.1 Å². The Labute approximate surface area is 149 Å². The highest BCUT2D eigenvalue weighted by Gasteiger charge is 2.38. The van der Waals surface area contributed by atoms with E-state index in [1.165, 1.54) is 18.4 Å². The molecule has 1 saturated heterocycles. The molecule has 1 aromatic carbocycles. The van der Waals surface area contributed by atoms with E-state index >= 15 is 0 Å². The number of ether oxygens (including phenoxy) is 1. The van der Waals surface area contributed by atoms with Crippen molar-refractivity contribution < 1.29 is 14.3 Å². The first-order valence-electron chi connectivity index (χ1n) is 9.28. The van der Waals surface area contributed by atoms with Crippen molar-refractivity contribution in [2.45, 2.75) is 44.4 Å². The van der Waals surface area contributed by atoms with Crippen molar-refractivity contribution in [3.63, 3.8) is 0 Å². The lowest BCUT2D eigenvalue weighted by Crippen LogP contribution is -2.42. The van der Waals surface area contributed by atoms with E-state index in [1.807, 2.05) is 19.1 Å². The molecule has 136 valence electrons. The standard InChI is InChI=1S/C20H28N2O3/c1-3-22-13-15(12-18(22)23)19(24)21-14-20(10-4-5-11-20)16-6-8-17(25-2)9-7-16/h6-9,15H,3-5,10-14H2,1-2H3,(H,21,24)/t15-/m0/s1. The van der Waals surface area contributed by atoms with E-state index in [0.717, 1.165) is 18.6 Å². The summed E-state index contributed by atoms with van der Waals surface area (Å²) < 4.78 is 5.25. The van der Waals surface area contributed by atoms with Gasteiger partial charge in [0.15, 0.2) is 0 Å². The van der Waals surface area contributed by atoms with Crippen molar-refractivity contribution in [1.29, 1.82) is 0 Å². The number of hydrogen-bond acceptors (Lipinski definition) is 3. The molecule has 0 radical (unpaired) electrons. The number of benzene rings is 1. The number of likely N-dealkylation sites (tertiary alicyclic amines) is 1. The van der Waals surface area contributed by atoms with E-state index in [4.69, 9.17) is 4.74 Å². The fraction of sp³-hybridized carbons (Fsp3) is 0.600. The summed E-state index contributed by atoms with van der Waals surface area (Å²) in [4.78, 5) is 26.2. The molecule has 1 heterocycles. The molecule has 1 atom stereocenters. The number of carbonyl (C=O) groups excluding carboxylic acids is 2. The van der Waals surface area contributed by atoms with Crippen molar-refractivity contribution >= 4 is 11.8 Å². The second-order valence-corrected chi connectivity index (χ2v) is 7.27. The van der Waals surface area contributed by atoms with Crippen molar-refractivity contribution in [3.05, 3.63) is 29.8 Å². The zero-order valence-corrected chi connectivity index (χ0v) is 15.2. The highest BCUT2D eigenvalue weighted by atomic mass is 16.5. The second kappa shape index (κ2) is 7.46. The van der Waals surface area contributed by atoms with Gasteiger partial charge >= 0.3 is 0 Å². The number of carbonyl (C=O) groups is 2. The molecule has 1 N–H and O–H groups in total. The van der Waals surface area contributed by atoms with Gasteiger partial charge in [0, 0.05) is 31.5 Å². The molecule has 5 heteroatoms. The van der Waals surface area contributed by atoms with Gasteiger partial charge in [-0.1, -0.05) is 25.0 Å². The third kappa shape index (κ3) is 3.65. The van der Waals surface area contributed by atoms with E-state index in [2.05, 4.69) is 17.4 Å². The minimum atomic E-state index is -0.207. The van der Waals surface area contributed by atoms with Crippen LogP contribution in [0.2, 0.25) is 0 Å². The second-order valence-electron chi connectivity index (χ2n) is 7.27. The van der Waals surface area contributed by atoms with Crippen LogP contribution in [-0.2, 0) is 15.0 Å². The predicted octanol–water partition coefficient (Wildman–Crippen LogP) is 2.49. The Balaban J connectivity index is 1.66. The van der Waals surface area contributed by atoms with Gasteiger partial charge in [0.25, 0.3) is 0 Å². The molecule has 1 aliphatic carbocycles. The van der Waals surface area contributed by atoms with E-state index < -0.39 is 0 Å². The average Bonchev–Trinajstić information content (AvgIpc) is 3.27. The highest BCUT2D eigenvalue weighted by Crippen LogP contribution is 2.41. The van der Waals surface area contributed by atoms with Crippen molar-refractivity contribution in [2.24, 2.45) is 5.92 Å². The molecule has 3 rings (SSSR count). The number of nitrogens with one attached hydrogen (secondary N) is 1. The molecule has 0 aromatic heterocycles. The molecule has 1 aliphatic heterocycles. The molecule has 2 aliphatic rings. The Bertz CT molecular complexity index is 620. The minimum Gasteiger partial charge on any atom is -0.497 e. The van der Waals surface area contributed by atoms with Gasteiger partial charge in [0.05, 0.1) is 13.0 Å². The zero-order chi connectivity index (χ0) is 17.9. The summed E-state index contributed by atoms with van der Waals surface area (Å²) in [5.41, 5.74) is 1.28. The van der Waals surface area contributed by atoms with Crippen LogP contribution in [0.3, 0.4) is 0 Å². The number of methoxy groups -OCH3 is 1. The third-order valence-corrected chi connectivity index (χ3v) is 5.83. The Morgan fingerprint density at radius 1 is 1.28 bits per heavy atom. The van der Waals surface area contributed by atoms with E-state index in [1.54, 1.807) is 12.0 Å². The summed E-state index contributed by atoms with van der Waals surface area (Å²) in [7, 11) is 1.67. The molecule has 5 nitrogen and oxygen atoms in total. The lowest BCUT2D eigenvalue weighted by molar-refractivity contribution is -0.128. The summed E-state index contributed by atoms with van der Waals surface area (Å²) in [5.74, 6) is 0.754. The molecule has 0 unspecified atom stereocenters. The maximum Gasteiger partial charge on any atom is 0.225 e. The Hall–Kier alpha value is -2.04. The topological polar surface area (TPSA) is 58.6 Å². The summed E-state index contributed by atoms with van der Waals surface area (Å²) in [6.45, 7) is 3.83. The average molecular weight is 344 g/mol. The molecule has 2 fully saturated rings. The minimum absolute atomic E-state index is 0.00892. The highest BCUT2D eigenvalue weighted by molar-refractivity contribution is 5.89. The lowest BCUT2D eigenvalue weighted by Gasteiger charge is -2.30. The summed E-state index contributed by atoms with van der Waals surface area (Å²) >= 11 is 0. The van der Waals surface area contributed by atoms with Crippen LogP contribution in [0.15, 0.2) is 24.3 Å². The predicted molar refractivity (Wildman–Crippen MR) is 96.5 cm³/mol. The van der Waals surface area contributed by atoms with Gasteiger partial charge < -0.3 is 15.0 Å².